The minimum absolute atomic E-state index is 0.181. The summed E-state index contributed by atoms with van der Waals surface area (Å²) in [4.78, 5) is 6.92. The fourth-order valence-electron chi connectivity index (χ4n) is 3.54. The largest absolute Gasteiger partial charge is 0.494 e. The highest BCUT2D eigenvalue weighted by Gasteiger charge is 2.25. The molecule has 0 amide bonds. The first kappa shape index (κ1) is 16.0. The van der Waals surface area contributed by atoms with Crippen molar-refractivity contribution in [2.45, 2.75) is 19.4 Å². The maximum absolute atomic E-state index is 9.05. The summed E-state index contributed by atoms with van der Waals surface area (Å²) in [6.07, 6.45) is 2.95. The van der Waals surface area contributed by atoms with Crippen molar-refractivity contribution in [3.63, 3.8) is 0 Å². The van der Waals surface area contributed by atoms with Crippen LogP contribution in [0.4, 0.5) is 5.69 Å². The number of benzene rings is 1. The van der Waals surface area contributed by atoms with E-state index in [1.54, 1.807) is 13.3 Å². The zero-order valence-corrected chi connectivity index (χ0v) is 13.8. The van der Waals surface area contributed by atoms with Crippen LogP contribution in [-0.2, 0) is 0 Å². The van der Waals surface area contributed by atoms with E-state index >= 15 is 0 Å². The van der Waals surface area contributed by atoms with Crippen molar-refractivity contribution >= 4 is 16.6 Å². The first-order chi connectivity index (χ1) is 11.2. The van der Waals surface area contributed by atoms with Gasteiger partial charge in [-0.3, -0.25) is 4.98 Å². The molecule has 5 nitrogen and oxygen atoms in total. The van der Waals surface area contributed by atoms with E-state index in [4.69, 9.17) is 9.84 Å². The summed E-state index contributed by atoms with van der Waals surface area (Å²) in [6.45, 7) is 5.09. The second-order valence-electron chi connectivity index (χ2n) is 6.31. The summed E-state index contributed by atoms with van der Waals surface area (Å²) in [5, 5.41) is 13.6. The molecule has 2 aromatic rings. The first-order valence-electron chi connectivity index (χ1n) is 8.24. The Morgan fingerprint density at radius 1 is 1.35 bits per heavy atom. The van der Waals surface area contributed by atoms with E-state index in [0.717, 1.165) is 36.2 Å². The fraction of sp³-hybridized carbons (Fsp3) is 0.500. The zero-order chi connectivity index (χ0) is 16.2. The van der Waals surface area contributed by atoms with Crippen LogP contribution < -0.4 is 15.0 Å². The van der Waals surface area contributed by atoms with Crippen LogP contribution >= 0.6 is 0 Å². The Hall–Kier alpha value is -1.85. The number of aromatic nitrogens is 1. The first-order valence-corrected chi connectivity index (χ1v) is 8.24. The van der Waals surface area contributed by atoms with Gasteiger partial charge >= 0.3 is 0 Å². The molecule has 0 aliphatic carbocycles. The van der Waals surface area contributed by atoms with Gasteiger partial charge in [0.2, 0.25) is 0 Å². The average Bonchev–Trinajstić information content (AvgIpc) is 2.58. The molecule has 2 atom stereocenters. The van der Waals surface area contributed by atoms with Crippen molar-refractivity contribution in [1.29, 1.82) is 0 Å². The molecule has 3 rings (SSSR count). The average molecular weight is 315 g/mol. The lowest BCUT2D eigenvalue weighted by molar-refractivity contribution is 0.269. The number of methoxy groups -OCH3 is 1. The summed E-state index contributed by atoms with van der Waals surface area (Å²) < 4.78 is 5.44. The number of anilines is 1. The van der Waals surface area contributed by atoms with E-state index in [2.05, 4.69) is 34.3 Å². The molecule has 1 aliphatic heterocycles. The topological polar surface area (TPSA) is 57.6 Å². The SMILES string of the molecule is COc1ccc(N2CC(C)CC(NCCO)C2)c2cccnc12. The van der Waals surface area contributed by atoms with Gasteiger partial charge in [-0.25, -0.2) is 0 Å². The van der Waals surface area contributed by atoms with Gasteiger partial charge in [-0.15, -0.1) is 0 Å². The highest BCUT2D eigenvalue weighted by Crippen LogP contribution is 2.34. The molecule has 1 fully saturated rings. The Morgan fingerprint density at radius 3 is 3.00 bits per heavy atom. The number of nitrogens with zero attached hydrogens (tertiary/aromatic N) is 2. The zero-order valence-electron chi connectivity index (χ0n) is 13.8. The molecule has 2 unspecified atom stereocenters. The number of hydrogen-bond acceptors (Lipinski definition) is 5. The van der Waals surface area contributed by atoms with Gasteiger partial charge in [0, 0.05) is 42.9 Å². The predicted octanol–water partition coefficient (Wildman–Crippen LogP) is 2.04. The molecule has 2 heterocycles. The minimum atomic E-state index is 0.181. The van der Waals surface area contributed by atoms with Crippen molar-refractivity contribution in [1.82, 2.24) is 10.3 Å². The van der Waals surface area contributed by atoms with Gasteiger partial charge in [0.05, 0.1) is 13.7 Å². The molecule has 23 heavy (non-hydrogen) atoms. The van der Waals surface area contributed by atoms with Crippen LogP contribution in [0, 0.1) is 5.92 Å². The molecule has 1 aromatic carbocycles. The number of ether oxygens (including phenoxy) is 1. The smallest absolute Gasteiger partial charge is 0.145 e. The Kier molecular flexibility index (Phi) is 4.98. The van der Waals surface area contributed by atoms with Crippen molar-refractivity contribution in [2.24, 2.45) is 5.92 Å². The second kappa shape index (κ2) is 7.15. The molecule has 0 spiro atoms. The number of aliphatic hydroxyl groups is 1. The van der Waals surface area contributed by atoms with Crippen molar-refractivity contribution in [3.8, 4) is 5.75 Å². The van der Waals surface area contributed by atoms with E-state index < -0.39 is 0 Å². The van der Waals surface area contributed by atoms with E-state index in [0.29, 0.717) is 18.5 Å². The molecule has 1 aromatic heterocycles. The van der Waals surface area contributed by atoms with Crippen LogP contribution in [0.25, 0.3) is 10.9 Å². The number of nitrogens with one attached hydrogen (secondary N) is 1. The summed E-state index contributed by atoms with van der Waals surface area (Å²) in [6, 6.07) is 8.61. The second-order valence-corrected chi connectivity index (χ2v) is 6.31. The van der Waals surface area contributed by atoms with Crippen LogP contribution in [0.3, 0.4) is 0 Å². The predicted molar refractivity (Wildman–Crippen MR) is 93.2 cm³/mol. The summed E-state index contributed by atoms with van der Waals surface area (Å²) in [5.41, 5.74) is 2.11. The Labute approximate surface area is 137 Å². The minimum Gasteiger partial charge on any atom is -0.494 e. The van der Waals surface area contributed by atoms with E-state index in [9.17, 15) is 0 Å². The van der Waals surface area contributed by atoms with Gasteiger partial charge in [-0.1, -0.05) is 6.92 Å². The third-order valence-corrected chi connectivity index (χ3v) is 4.47. The van der Waals surface area contributed by atoms with Crippen LogP contribution in [0.1, 0.15) is 13.3 Å². The van der Waals surface area contributed by atoms with Gasteiger partial charge in [0.25, 0.3) is 0 Å². The van der Waals surface area contributed by atoms with Crippen molar-refractivity contribution in [2.75, 3.05) is 38.3 Å². The van der Waals surface area contributed by atoms with Gasteiger partial charge in [-0.2, -0.15) is 0 Å². The lowest BCUT2D eigenvalue weighted by atomic mass is 9.95. The number of pyridine rings is 1. The van der Waals surface area contributed by atoms with Crippen molar-refractivity contribution < 1.29 is 9.84 Å². The van der Waals surface area contributed by atoms with Gasteiger partial charge in [0.1, 0.15) is 11.3 Å². The molecule has 0 saturated carbocycles. The molecule has 1 aliphatic rings. The highest BCUT2D eigenvalue weighted by atomic mass is 16.5. The normalized spacial score (nSPS) is 21.6. The third-order valence-electron chi connectivity index (χ3n) is 4.47. The summed E-state index contributed by atoms with van der Waals surface area (Å²) in [5.74, 6) is 1.41. The number of fused-ring (bicyclic) bond motifs is 1. The molecule has 124 valence electrons. The molecular formula is C18H25N3O2. The van der Waals surface area contributed by atoms with E-state index in [1.165, 1.54) is 5.69 Å². The third kappa shape index (κ3) is 3.41. The summed E-state index contributed by atoms with van der Waals surface area (Å²) >= 11 is 0. The van der Waals surface area contributed by atoms with E-state index in [1.807, 2.05) is 12.1 Å². The van der Waals surface area contributed by atoms with Crippen LogP contribution in [0.5, 0.6) is 5.75 Å². The Balaban J connectivity index is 1.92. The van der Waals surface area contributed by atoms with Gasteiger partial charge in [-0.05, 0) is 36.6 Å². The molecule has 1 saturated heterocycles. The Morgan fingerprint density at radius 2 is 2.22 bits per heavy atom. The number of aliphatic hydroxyl groups excluding tert-OH is 1. The molecular weight excluding hydrogens is 290 g/mol. The van der Waals surface area contributed by atoms with Gasteiger partial charge < -0.3 is 20.1 Å². The molecule has 2 N–H and O–H groups in total. The van der Waals surface area contributed by atoms with Crippen LogP contribution in [-0.4, -0.2) is 49.5 Å². The number of piperidine rings is 1. The standard InChI is InChI=1S/C18H25N3O2/c1-13-10-14(19-8-9-22)12-21(11-13)16-5-6-17(23-2)18-15(16)4-3-7-20-18/h3-7,13-14,19,22H,8-12H2,1-2H3. The quantitative estimate of drug-likeness (QED) is 0.884. The lowest BCUT2D eigenvalue weighted by Crippen LogP contribution is -2.49. The molecule has 0 bridgehead atoms. The number of hydrogen-bond donors (Lipinski definition) is 2. The number of rotatable bonds is 5. The highest BCUT2D eigenvalue weighted by molar-refractivity contribution is 5.95. The van der Waals surface area contributed by atoms with Crippen LogP contribution in [0.2, 0.25) is 0 Å². The molecule has 5 heteroatoms. The maximum Gasteiger partial charge on any atom is 0.145 e. The molecule has 0 radical (unpaired) electrons. The monoisotopic (exact) mass is 315 g/mol. The summed E-state index contributed by atoms with van der Waals surface area (Å²) in [7, 11) is 1.68. The lowest BCUT2D eigenvalue weighted by Gasteiger charge is -2.39. The Bertz CT molecular complexity index is 662. The fourth-order valence-corrected chi connectivity index (χ4v) is 3.54. The maximum atomic E-state index is 9.05. The van der Waals surface area contributed by atoms with Crippen LogP contribution in [0.15, 0.2) is 30.5 Å². The van der Waals surface area contributed by atoms with Gasteiger partial charge in [0.15, 0.2) is 0 Å². The van der Waals surface area contributed by atoms with Crippen molar-refractivity contribution in [3.05, 3.63) is 30.5 Å². The van der Waals surface area contributed by atoms with E-state index in [-0.39, 0.29) is 6.61 Å².